The fraction of sp³-hybridized carbons (Fsp3) is 0.548. The van der Waals surface area contributed by atoms with Gasteiger partial charge in [0.1, 0.15) is 22.7 Å². The predicted molar refractivity (Wildman–Crippen MR) is 199 cm³/mol. The van der Waals surface area contributed by atoms with Crippen LogP contribution in [0.25, 0.3) is 0 Å². The number of hydrogen-bond donors (Lipinski definition) is 0. The number of benzene rings is 3. The van der Waals surface area contributed by atoms with Crippen molar-refractivity contribution in [2.24, 2.45) is 0 Å². The highest BCUT2D eigenvalue weighted by atomic mass is 16.6. The molecule has 4 nitrogen and oxygen atoms in total. The van der Waals surface area contributed by atoms with Crippen LogP contribution >= 0.6 is 0 Å². The minimum absolute atomic E-state index is 0.0556. The van der Waals surface area contributed by atoms with E-state index in [9.17, 15) is 4.79 Å². The van der Waals surface area contributed by atoms with Crippen LogP contribution in [-0.2, 0) is 9.53 Å². The summed E-state index contributed by atoms with van der Waals surface area (Å²) in [6.07, 6.45) is 3.52. The molecule has 0 aromatic heterocycles. The first kappa shape index (κ1) is 42.7. The van der Waals surface area contributed by atoms with Crippen LogP contribution in [0.3, 0.4) is 0 Å². The number of rotatable bonds is 10. The maximum Gasteiger partial charge on any atom is 0.344 e. The molecule has 0 saturated heterocycles. The quantitative estimate of drug-likeness (QED) is 0.208. The normalized spacial score (nSPS) is 12.7. The van der Waals surface area contributed by atoms with Crippen molar-refractivity contribution in [2.75, 3.05) is 6.61 Å². The van der Waals surface area contributed by atoms with Crippen molar-refractivity contribution in [3.05, 3.63) is 95.6 Å². The number of esters is 1. The molecule has 0 radical (unpaired) electrons. The monoisotopic (exact) mass is 634 g/mol. The largest absolute Gasteiger partial charge is 0.488 e. The number of carbonyl (C=O) groups is 1. The van der Waals surface area contributed by atoms with Crippen molar-refractivity contribution in [1.29, 1.82) is 0 Å². The Kier molecular flexibility index (Phi) is 20.7. The van der Waals surface area contributed by atoms with E-state index >= 15 is 0 Å². The summed E-state index contributed by atoms with van der Waals surface area (Å²) in [4.78, 5) is 11.5. The molecule has 4 heteroatoms. The Labute approximate surface area is 283 Å². The molecular formula is C42H66O4. The zero-order valence-electron chi connectivity index (χ0n) is 31.7. The molecule has 258 valence electrons. The van der Waals surface area contributed by atoms with Crippen LogP contribution < -0.4 is 9.47 Å². The smallest absolute Gasteiger partial charge is 0.344 e. The molecule has 0 aliphatic rings. The molecule has 0 bridgehead atoms. The maximum atomic E-state index is 11.5. The molecule has 3 rings (SSSR count). The van der Waals surface area contributed by atoms with Gasteiger partial charge in [0, 0.05) is 0 Å². The fourth-order valence-electron chi connectivity index (χ4n) is 4.11. The summed E-state index contributed by atoms with van der Waals surface area (Å²) >= 11 is 0. The van der Waals surface area contributed by atoms with E-state index in [4.69, 9.17) is 14.2 Å². The highest BCUT2D eigenvalue weighted by Gasteiger charge is 2.16. The lowest BCUT2D eigenvalue weighted by Gasteiger charge is -2.21. The first-order chi connectivity index (χ1) is 21.6. The second kappa shape index (κ2) is 22.3. The molecule has 46 heavy (non-hydrogen) atoms. The minimum atomic E-state index is -0.471. The summed E-state index contributed by atoms with van der Waals surface area (Å²) in [6, 6.07) is 27.0. The molecule has 0 fully saturated rings. The second-order valence-electron chi connectivity index (χ2n) is 13.6. The van der Waals surface area contributed by atoms with Crippen molar-refractivity contribution in [3.63, 3.8) is 0 Å². The Bertz CT molecular complexity index is 1170. The van der Waals surface area contributed by atoms with E-state index in [0.29, 0.717) is 23.5 Å². The summed E-state index contributed by atoms with van der Waals surface area (Å²) in [5.41, 5.74) is 3.54. The third-order valence-corrected chi connectivity index (χ3v) is 7.30. The van der Waals surface area contributed by atoms with Crippen molar-refractivity contribution in [3.8, 4) is 11.5 Å². The van der Waals surface area contributed by atoms with E-state index in [1.807, 2.05) is 58.9 Å². The molecule has 0 spiro atoms. The molecule has 0 N–H and O–H groups in total. The van der Waals surface area contributed by atoms with Crippen LogP contribution in [0.15, 0.2) is 78.9 Å². The zero-order chi connectivity index (χ0) is 35.3. The van der Waals surface area contributed by atoms with E-state index < -0.39 is 5.60 Å². The molecule has 0 aliphatic carbocycles. The standard InChI is InChI=1S/C16H24O3.C14H22O.C10H14.C2H6/c1-6-12(2)13-7-9-14(10-8-13)18-11-15(17)19-16(3,4)5;1-6-11(2)12-7-9-13(10-8-12)15-14(3,4)5;1-3-9(2)10-7-5-4-6-8-10;1-2/h7-10,12H,6,11H2,1-5H3;7-11H,6H2,1-5H3;4-9H,3H2,1-2H3;1-2H3. The molecule has 0 aliphatic heterocycles. The maximum absolute atomic E-state index is 11.5. The third-order valence-electron chi connectivity index (χ3n) is 7.30. The lowest BCUT2D eigenvalue weighted by molar-refractivity contribution is -0.157. The van der Waals surface area contributed by atoms with Gasteiger partial charge in [0.2, 0.25) is 0 Å². The van der Waals surface area contributed by atoms with E-state index in [0.717, 1.165) is 12.2 Å². The second-order valence-corrected chi connectivity index (χ2v) is 13.6. The summed E-state index contributed by atoms with van der Waals surface area (Å²) in [5, 5.41) is 0. The topological polar surface area (TPSA) is 44.8 Å². The molecule has 3 unspecified atom stereocenters. The van der Waals surface area contributed by atoms with Gasteiger partial charge >= 0.3 is 5.97 Å². The van der Waals surface area contributed by atoms with Crippen LogP contribution in [0.4, 0.5) is 0 Å². The van der Waals surface area contributed by atoms with Crippen LogP contribution in [0.5, 0.6) is 11.5 Å². The van der Waals surface area contributed by atoms with Gasteiger partial charge in [-0.05, 0) is 120 Å². The Morgan fingerprint density at radius 3 is 1.28 bits per heavy atom. The summed E-state index contributed by atoms with van der Waals surface area (Å²) in [7, 11) is 0. The molecule has 3 atom stereocenters. The van der Waals surface area contributed by atoms with Gasteiger partial charge in [0.05, 0.1) is 0 Å². The first-order valence-corrected chi connectivity index (χ1v) is 17.4. The van der Waals surface area contributed by atoms with Gasteiger partial charge in [0.25, 0.3) is 0 Å². The van der Waals surface area contributed by atoms with E-state index in [1.54, 1.807) is 0 Å². The number of carbonyl (C=O) groups excluding carboxylic acids is 1. The highest BCUT2D eigenvalue weighted by molar-refractivity contribution is 5.71. The fourth-order valence-corrected chi connectivity index (χ4v) is 4.11. The van der Waals surface area contributed by atoms with Crippen LogP contribution in [0.1, 0.15) is 151 Å². The van der Waals surface area contributed by atoms with Crippen molar-refractivity contribution in [1.82, 2.24) is 0 Å². The zero-order valence-corrected chi connectivity index (χ0v) is 31.7. The molecule has 0 heterocycles. The average Bonchev–Trinajstić information content (AvgIpc) is 3.03. The Balaban J connectivity index is 0.000000670. The molecule has 3 aromatic carbocycles. The van der Waals surface area contributed by atoms with Crippen molar-refractivity contribution >= 4 is 5.97 Å². The lowest BCUT2D eigenvalue weighted by Crippen LogP contribution is -2.27. The molecular weight excluding hydrogens is 568 g/mol. The minimum Gasteiger partial charge on any atom is -0.488 e. The summed E-state index contributed by atoms with van der Waals surface area (Å²) in [6.45, 7) is 29.0. The van der Waals surface area contributed by atoms with Crippen LogP contribution in [0.2, 0.25) is 0 Å². The summed E-state index contributed by atoms with van der Waals surface area (Å²) in [5.74, 6) is 3.18. The molecule has 0 saturated carbocycles. The van der Waals surface area contributed by atoms with E-state index in [2.05, 4.69) is 117 Å². The third kappa shape index (κ3) is 19.3. The number of hydrogen-bond acceptors (Lipinski definition) is 4. The molecule has 3 aromatic rings. The van der Waals surface area contributed by atoms with Crippen molar-refractivity contribution < 1.29 is 19.0 Å². The van der Waals surface area contributed by atoms with E-state index in [-0.39, 0.29) is 18.2 Å². The van der Waals surface area contributed by atoms with Crippen molar-refractivity contribution in [2.45, 2.75) is 145 Å². The Morgan fingerprint density at radius 1 is 0.565 bits per heavy atom. The average molecular weight is 635 g/mol. The van der Waals surface area contributed by atoms with Gasteiger partial charge in [-0.25, -0.2) is 4.79 Å². The van der Waals surface area contributed by atoms with Gasteiger partial charge in [0.15, 0.2) is 6.61 Å². The Morgan fingerprint density at radius 2 is 0.935 bits per heavy atom. The first-order valence-electron chi connectivity index (χ1n) is 17.4. The van der Waals surface area contributed by atoms with Crippen LogP contribution in [-0.4, -0.2) is 23.8 Å². The van der Waals surface area contributed by atoms with Gasteiger partial charge in [-0.2, -0.15) is 0 Å². The van der Waals surface area contributed by atoms with Gasteiger partial charge < -0.3 is 14.2 Å². The number of ether oxygens (including phenoxy) is 3. The van der Waals surface area contributed by atoms with Crippen LogP contribution in [0, 0.1) is 0 Å². The predicted octanol–water partition coefficient (Wildman–Crippen LogP) is 12.5. The SMILES string of the molecule is CC.CCC(C)c1ccc(OC(C)(C)C)cc1.CCC(C)c1ccc(OCC(=O)OC(C)(C)C)cc1.CCC(C)c1ccccc1. The van der Waals surface area contributed by atoms with Gasteiger partial charge in [-0.3, -0.25) is 0 Å². The Hall–Kier alpha value is -3.27. The van der Waals surface area contributed by atoms with Gasteiger partial charge in [-0.1, -0.05) is 110 Å². The van der Waals surface area contributed by atoms with E-state index in [1.165, 1.54) is 29.5 Å². The summed E-state index contributed by atoms with van der Waals surface area (Å²) < 4.78 is 16.4. The molecule has 0 amide bonds. The lowest BCUT2D eigenvalue weighted by atomic mass is 9.99. The van der Waals surface area contributed by atoms with Gasteiger partial charge in [-0.15, -0.1) is 0 Å². The highest BCUT2D eigenvalue weighted by Crippen LogP contribution is 2.24.